The van der Waals surface area contributed by atoms with Crippen LogP contribution in [0.25, 0.3) is 6.08 Å². The van der Waals surface area contributed by atoms with E-state index in [0.29, 0.717) is 29.1 Å². The molecule has 0 bridgehead atoms. The fourth-order valence-electron chi connectivity index (χ4n) is 1.99. The number of aromatic amines is 1. The monoisotopic (exact) mass is 286 g/mol. The number of nitrogens with zero attached hydrogens (tertiary/aromatic N) is 3. The molecule has 0 radical (unpaired) electrons. The Labute approximate surface area is 122 Å². The van der Waals surface area contributed by atoms with Gasteiger partial charge in [0.05, 0.1) is 19.4 Å². The number of nitrogens with two attached hydrogens (primary N) is 1. The number of H-pyrrole nitrogens is 1. The number of hydrogen-bond donors (Lipinski definition) is 3. The van der Waals surface area contributed by atoms with Crippen molar-refractivity contribution < 1.29 is 4.74 Å². The summed E-state index contributed by atoms with van der Waals surface area (Å²) in [6.07, 6.45) is 6.44. The highest BCUT2D eigenvalue weighted by Gasteiger charge is 2.22. The number of anilines is 3. The molecule has 3 rings (SSSR count). The average molecular weight is 286 g/mol. The van der Waals surface area contributed by atoms with Gasteiger partial charge in [0.15, 0.2) is 17.5 Å². The number of ether oxygens (including phenoxy) is 1. The van der Waals surface area contributed by atoms with Crippen LogP contribution in [0.2, 0.25) is 0 Å². The molecule has 0 saturated carbocycles. The maximum atomic E-state index is 5.89. The van der Waals surface area contributed by atoms with Crippen LogP contribution in [0, 0.1) is 0 Å². The zero-order chi connectivity index (χ0) is 14.7. The summed E-state index contributed by atoms with van der Waals surface area (Å²) in [6.45, 7) is 3.54. The third-order valence-electron chi connectivity index (χ3n) is 3.27. The minimum Gasteiger partial charge on any atom is -0.382 e. The molecule has 4 N–H and O–H groups in total. The lowest BCUT2D eigenvalue weighted by molar-refractivity contribution is 0.00670. The summed E-state index contributed by atoms with van der Waals surface area (Å²) < 4.78 is 5.16. The van der Waals surface area contributed by atoms with E-state index < -0.39 is 0 Å². The number of hydrogen-bond acceptors (Lipinski definition) is 6. The number of nitrogen functional groups attached to an aromatic ring is 1. The van der Waals surface area contributed by atoms with E-state index in [9.17, 15) is 0 Å². The van der Waals surface area contributed by atoms with Gasteiger partial charge in [0.2, 0.25) is 0 Å². The van der Waals surface area contributed by atoms with Crippen LogP contribution in [0.3, 0.4) is 0 Å². The van der Waals surface area contributed by atoms with Crippen molar-refractivity contribution in [2.45, 2.75) is 19.3 Å². The highest BCUT2D eigenvalue weighted by Crippen LogP contribution is 2.24. The maximum absolute atomic E-state index is 5.89. The van der Waals surface area contributed by atoms with E-state index in [0.717, 1.165) is 25.3 Å². The summed E-state index contributed by atoms with van der Waals surface area (Å²) in [5.74, 6) is 2.07. The molecule has 21 heavy (non-hydrogen) atoms. The zero-order valence-electron chi connectivity index (χ0n) is 11.8. The van der Waals surface area contributed by atoms with Gasteiger partial charge in [0.25, 0.3) is 0 Å². The van der Waals surface area contributed by atoms with Crippen LogP contribution < -0.4 is 11.1 Å². The Hall–Kier alpha value is -2.41. The van der Waals surface area contributed by atoms with Crippen molar-refractivity contribution >= 4 is 23.5 Å². The smallest absolute Gasteiger partial charge is 0.153 e. The minimum absolute atomic E-state index is 0.396. The van der Waals surface area contributed by atoms with Crippen molar-refractivity contribution in [1.82, 2.24) is 20.2 Å². The van der Waals surface area contributed by atoms with Gasteiger partial charge in [0.1, 0.15) is 5.69 Å². The van der Waals surface area contributed by atoms with Crippen LogP contribution in [-0.2, 0) is 4.74 Å². The average Bonchev–Trinajstić information content (AvgIpc) is 2.84. The summed E-state index contributed by atoms with van der Waals surface area (Å²) in [7, 11) is 0. The number of rotatable bonds is 5. The second kappa shape index (κ2) is 5.92. The Morgan fingerprint density at radius 2 is 2.33 bits per heavy atom. The molecule has 1 aliphatic heterocycles. The summed E-state index contributed by atoms with van der Waals surface area (Å²) in [5.41, 5.74) is 7.63. The predicted molar refractivity (Wildman–Crippen MR) is 81.2 cm³/mol. The van der Waals surface area contributed by atoms with Crippen LogP contribution in [0.1, 0.15) is 30.7 Å². The zero-order valence-corrected chi connectivity index (χ0v) is 11.8. The van der Waals surface area contributed by atoms with Gasteiger partial charge in [-0.25, -0.2) is 9.97 Å². The number of aromatic nitrogens is 4. The quantitative estimate of drug-likeness (QED) is 0.777. The van der Waals surface area contributed by atoms with Gasteiger partial charge < -0.3 is 15.8 Å². The molecule has 7 nitrogen and oxygen atoms in total. The molecule has 0 aromatic carbocycles. The summed E-state index contributed by atoms with van der Waals surface area (Å²) in [5, 5.41) is 10.3. The molecule has 0 aliphatic carbocycles. The second-order valence-electron chi connectivity index (χ2n) is 4.90. The third kappa shape index (κ3) is 3.03. The molecule has 1 aliphatic rings. The van der Waals surface area contributed by atoms with Crippen molar-refractivity contribution in [3.8, 4) is 0 Å². The molecule has 110 valence electrons. The van der Waals surface area contributed by atoms with Crippen LogP contribution in [-0.4, -0.2) is 33.4 Å². The Morgan fingerprint density at radius 3 is 3.00 bits per heavy atom. The molecular formula is C14H18N6O. The first-order chi connectivity index (χ1) is 10.3. The van der Waals surface area contributed by atoms with Crippen LogP contribution in [0.4, 0.5) is 17.5 Å². The molecule has 0 amide bonds. The molecule has 1 saturated heterocycles. The van der Waals surface area contributed by atoms with Crippen LogP contribution >= 0.6 is 0 Å². The highest BCUT2D eigenvalue weighted by atomic mass is 16.5. The summed E-state index contributed by atoms with van der Waals surface area (Å²) in [6, 6.07) is 1.95. The predicted octanol–water partition coefficient (Wildman–Crippen LogP) is 2.06. The fraction of sp³-hybridized carbons (Fsp3) is 0.357. The van der Waals surface area contributed by atoms with E-state index in [4.69, 9.17) is 10.5 Å². The molecule has 0 spiro atoms. The van der Waals surface area contributed by atoms with Crippen molar-refractivity contribution in [1.29, 1.82) is 0 Å². The Bertz CT molecular complexity index is 647. The Kier molecular flexibility index (Phi) is 3.83. The van der Waals surface area contributed by atoms with Crippen molar-refractivity contribution in [3.63, 3.8) is 0 Å². The van der Waals surface area contributed by atoms with Gasteiger partial charge in [-0.1, -0.05) is 13.0 Å². The first-order valence-electron chi connectivity index (χ1n) is 6.95. The summed E-state index contributed by atoms with van der Waals surface area (Å²) in [4.78, 5) is 8.57. The third-order valence-corrected chi connectivity index (χ3v) is 3.27. The van der Waals surface area contributed by atoms with E-state index in [2.05, 4.69) is 32.4 Å². The van der Waals surface area contributed by atoms with Crippen molar-refractivity contribution in [2.24, 2.45) is 0 Å². The normalized spacial score (nSPS) is 15.3. The number of allylic oxidation sites excluding steroid dienone is 1. The van der Waals surface area contributed by atoms with Crippen LogP contribution in [0.15, 0.2) is 18.3 Å². The topological polar surface area (TPSA) is 102 Å². The Morgan fingerprint density at radius 1 is 1.48 bits per heavy atom. The largest absolute Gasteiger partial charge is 0.382 e. The maximum Gasteiger partial charge on any atom is 0.153 e. The van der Waals surface area contributed by atoms with Gasteiger partial charge >= 0.3 is 0 Å². The van der Waals surface area contributed by atoms with E-state index in [1.165, 1.54) is 0 Å². The SMILES string of the molecule is CC/C=C/c1ncc(Nc2cc(C3COC3)[nH]n2)nc1N. The van der Waals surface area contributed by atoms with Gasteiger partial charge in [-0.2, -0.15) is 5.10 Å². The lowest BCUT2D eigenvalue weighted by Crippen LogP contribution is -2.25. The molecule has 0 unspecified atom stereocenters. The first kappa shape index (κ1) is 13.6. The van der Waals surface area contributed by atoms with E-state index >= 15 is 0 Å². The second-order valence-corrected chi connectivity index (χ2v) is 4.90. The van der Waals surface area contributed by atoms with Crippen molar-refractivity contribution in [2.75, 3.05) is 24.3 Å². The molecule has 2 aromatic rings. The minimum atomic E-state index is 0.396. The Balaban J connectivity index is 1.71. The molecular weight excluding hydrogens is 268 g/mol. The summed E-state index contributed by atoms with van der Waals surface area (Å²) >= 11 is 0. The lowest BCUT2D eigenvalue weighted by Gasteiger charge is -2.24. The highest BCUT2D eigenvalue weighted by molar-refractivity contribution is 5.61. The molecule has 3 heterocycles. The van der Waals surface area contributed by atoms with E-state index in [1.807, 2.05) is 18.2 Å². The van der Waals surface area contributed by atoms with E-state index in [1.54, 1.807) is 6.20 Å². The van der Waals surface area contributed by atoms with Gasteiger partial charge in [-0.15, -0.1) is 0 Å². The van der Waals surface area contributed by atoms with Crippen LogP contribution in [0.5, 0.6) is 0 Å². The van der Waals surface area contributed by atoms with E-state index in [-0.39, 0.29) is 0 Å². The van der Waals surface area contributed by atoms with Gasteiger partial charge in [-0.3, -0.25) is 5.10 Å². The molecule has 0 atom stereocenters. The molecule has 1 fully saturated rings. The van der Waals surface area contributed by atoms with Crippen molar-refractivity contribution in [3.05, 3.63) is 29.7 Å². The molecule has 7 heteroatoms. The standard InChI is InChI=1S/C14H18N6O/c1-2-3-4-10-14(15)18-13(6-16-10)17-12-5-11(19-20-12)9-7-21-8-9/h3-6,9H,2,7-8H2,1H3,(H4,15,17,18,19,20)/b4-3+. The van der Waals surface area contributed by atoms with Gasteiger partial charge in [-0.05, 0) is 12.5 Å². The fourth-order valence-corrected chi connectivity index (χ4v) is 1.99. The van der Waals surface area contributed by atoms with Gasteiger partial charge in [0, 0.05) is 17.7 Å². The lowest BCUT2D eigenvalue weighted by atomic mass is 10.0. The number of nitrogens with one attached hydrogen (secondary N) is 2. The first-order valence-corrected chi connectivity index (χ1v) is 6.95. The molecule has 2 aromatic heterocycles.